The van der Waals surface area contributed by atoms with E-state index < -0.39 is 0 Å². The molecular weight excluding hydrogens is 348 g/mol. The molecule has 2 fully saturated rings. The zero-order valence-corrected chi connectivity index (χ0v) is 17.4. The molecule has 5 heteroatoms. The quantitative estimate of drug-likeness (QED) is 0.812. The molecule has 3 heterocycles. The molecule has 0 bridgehead atoms. The first-order valence-corrected chi connectivity index (χ1v) is 10.6. The molecule has 0 N–H and O–H groups in total. The Labute approximate surface area is 168 Å². The Morgan fingerprint density at radius 2 is 1.93 bits per heavy atom. The Morgan fingerprint density at radius 1 is 1.14 bits per heavy atom. The van der Waals surface area contributed by atoms with Crippen LogP contribution in [-0.2, 0) is 18.4 Å². The normalized spacial score (nSPS) is 23.7. The van der Waals surface area contributed by atoms with Crippen molar-refractivity contribution >= 4 is 5.91 Å². The van der Waals surface area contributed by atoms with Gasteiger partial charge in [-0.1, -0.05) is 30.3 Å². The van der Waals surface area contributed by atoms with Crippen molar-refractivity contribution in [3.8, 4) is 11.3 Å². The van der Waals surface area contributed by atoms with Gasteiger partial charge in [0.2, 0.25) is 5.91 Å². The highest BCUT2D eigenvalue weighted by atomic mass is 16.2. The fourth-order valence-corrected chi connectivity index (χ4v) is 5.03. The lowest BCUT2D eigenvalue weighted by Gasteiger charge is -2.49. The van der Waals surface area contributed by atoms with Gasteiger partial charge in [0.15, 0.2) is 0 Å². The summed E-state index contributed by atoms with van der Waals surface area (Å²) in [6, 6.07) is 10.8. The van der Waals surface area contributed by atoms with E-state index in [2.05, 4.69) is 54.1 Å². The fourth-order valence-electron chi connectivity index (χ4n) is 5.03. The predicted octanol–water partition coefficient (Wildman–Crippen LogP) is 3.70. The molecule has 2 aliphatic rings. The summed E-state index contributed by atoms with van der Waals surface area (Å²) in [5, 5.41) is 4.73. The van der Waals surface area contributed by atoms with Crippen molar-refractivity contribution in [1.29, 1.82) is 0 Å². The molecule has 28 heavy (non-hydrogen) atoms. The Bertz CT molecular complexity index is 828. The van der Waals surface area contributed by atoms with Crippen molar-refractivity contribution in [2.75, 3.05) is 19.6 Å². The van der Waals surface area contributed by atoms with Gasteiger partial charge in [-0.15, -0.1) is 0 Å². The van der Waals surface area contributed by atoms with Crippen molar-refractivity contribution in [1.82, 2.24) is 19.6 Å². The first-order valence-electron chi connectivity index (χ1n) is 10.6. The third-order valence-electron chi connectivity index (χ3n) is 6.40. The van der Waals surface area contributed by atoms with Gasteiger partial charge in [0.05, 0.1) is 5.69 Å². The Morgan fingerprint density at radius 3 is 2.68 bits per heavy atom. The van der Waals surface area contributed by atoms with Gasteiger partial charge in [-0.2, -0.15) is 5.10 Å². The molecular formula is C23H32N4O. The third kappa shape index (κ3) is 3.86. The van der Waals surface area contributed by atoms with E-state index in [4.69, 9.17) is 5.10 Å². The zero-order valence-electron chi connectivity index (χ0n) is 17.4. The average molecular weight is 381 g/mol. The SMILES string of the molecule is CC(C)N1C[C@]2(CCCN(Cc3cn(C)nc3-c3ccccc3)C2)CCC1=O. The second-order valence-electron chi connectivity index (χ2n) is 8.97. The molecule has 1 aromatic heterocycles. The molecule has 0 radical (unpaired) electrons. The second kappa shape index (κ2) is 7.70. The Kier molecular flexibility index (Phi) is 5.28. The molecule has 150 valence electrons. The molecule has 0 aliphatic carbocycles. The molecule has 2 aliphatic heterocycles. The summed E-state index contributed by atoms with van der Waals surface area (Å²) in [4.78, 5) is 17.0. The molecule has 0 unspecified atom stereocenters. The summed E-state index contributed by atoms with van der Waals surface area (Å²) < 4.78 is 1.93. The summed E-state index contributed by atoms with van der Waals surface area (Å²) in [7, 11) is 2.00. The lowest BCUT2D eigenvalue weighted by molar-refractivity contribution is -0.141. The largest absolute Gasteiger partial charge is 0.340 e. The number of amides is 1. The number of hydrogen-bond donors (Lipinski definition) is 0. The van der Waals surface area contributed by atoms with Gasteiger partial charge in [0.25, 0.3) is 0 Å². The minimum absolute atomic E-state index is 0.256. The molecule has 1 atom stereocenters. The maximum absolute atomic E-state index is 12.3. The number of benzene rings is 1. The van der Waals surface area contributed by atoms with Gasteiger partial charge in [-0.25, -0.2) is 0 Å². The molecule has 1 amide bonds. The lowest BCUT2D eigenvalue weighted by atomic mass is 9.73. The molecule has 2 aromatic rings. The highest BCUT2D eigenvalue weighted by Gasteiger charge is 2.42. The first kappa shape index (κ1) is 19.2. The van der Waals surface area contributed by atoms with E-state index >= 15 is 0 Å². The smallest absolute Gasteiger partial charge is 0.222 e. The predicted molar refractivity (Wildman–Crippen MR) is 112 cm³/mol. The van der Waals surface area contributed by atoms with E-state index in [1.807, 2.05) is 17.8 Å². The van der Waals surface area contributed by atoms with Crippen molar-refractivity contribution in [2.45, 2.75) is 52.1 Å². The summed E-state index contributed by atoms with van der Waals surface area (Å²) >= 11 is 0. The maximum Gasteiger partial charge on any atom is 0.222 e. The van der Waals surface area contributed by atoms with Crippen molar-refractivity contribution in [3.05, 3.63) is 42.1 Å². The number of carbonyl (C=O) groups is 1. The maximum atomic E-state index is 12.3. The van der Waals surface area contributed by atoms with E-state index in [1.165, 1.54) is 24.0 Å². The highest BCUT2D eigenvalue weighted by molar-refractivity contribution is 5.77. The van der Waals surface area contributed by atoms with Gasteiger partial charge in [0, 0.05) is 61.9 Å². The topological polar surface area (TPSA) is 41.4 Å². The number of nitrogens with zero attached hydrogens (tertiary/aromatic N) is 4. The standard InChI is InChI=1S/C23H32N4O/c1-18(2)27-17-23(12-10-21(27)28)11-7-13-26(16-23)15-20-14-25(3)24-22(20)19-8-5-4-6-9-19/h4-6,8-9,14,18H,7,10-13,15-17H2,1-3H3/t23-/m1/s1. The molecule has 1 aromatic carbocycles. The fraction of sp³-hybridized carbons (Fsp3) is 0.565. The van der Waals surface area contributed by atoms with Crippen LogP contribution in [0.4, 0.5) is 0 Å². The van der Waals surface area contributed by atoms with Crippen LogP contribution in [-0.4, -0.2) is 51.2 Å². The van der Waals surface area contributed by atoms with E-state index in [0.29, 0.717) is 18.4 Å². The van der Waals surface area contributed by atoms with Gasteiger partial charge < -0.3 is 4.90 Å². The average Bonchev–Trinajstić information content (AvgIpc) is 3.05. The van der Waals surface area contributed by atoms with Crippen LogP contribution in [0.5, 0.6) is 0 Å². The summed E-state index contributed by atoms with van der Waals surface area (Å²) in [6.45, 7) is 8.32. The Hall–Kier alpha value is -2.14. The summed E-state index contributed by atoms with van der Waals surface area (Å²) in [5.74, 6) is 0.330. The monoisotopic (exact) mass is 380 g/mol. The second-order valence-corrected chi connectivity index (χ2v) is 8.97. The number of aryl methyl sites for hydroxylation is 1. The van der Waals surface area contributed by atoms with Crippen LogP contribution in [0, 0.1) is 5.41 Å². The number of likely N-dealkylation sites (tertiary alicyclic amines) is 2. The van der Waals surface area contributed by atoms with E-state index in [1.54, 1.807) is 0 Å². The van der Waals surface area contributed by atoms with E-state index in [0.717, 1.165) is 38.3 Å². The van der Waals surface area contributed by atoms with Crippen LogP contribution in [0.15, 0.2) is 36.5 Å². The molecule has 4 rings (SSSR count). The van der Waals surface area contributed by atoms with Crippen LogP contribution in [0.1, 0.15) is 45.1 Å². The van der Waals surface area contributed by atoms with Gasteiger partial charge >= 0.3 is 0 Å². The number of aromatic nitrogens is 2. The van der Waals surface area contributed by atoms with Gasteiger partial charge in [-0.3, -0.25) is 14.4 Å². The number of piperidine rings is 2. The van der Waals surface area contributed by atoms with Crippen molar-refractivity contribution in [3.63, 3.8) is 0 Å². The number of rotatable bonds is 4. The number of hydrogen-bond acceptors (Lipinski definition) is 3. The molecule has 5 nitrogen and oxygen atoms in total. The minimum atomic E-state index is 0.256. The summed E-state index contributed by atoms with van der Waals surface area (Å²) in [6.07, 6.45) is 6.34. The van der Waals surface area contributed by atoms with Crippen molar-refractivity contribution < 1.29 is 4.79 Å². The highest BCUT2D eigenvalue weighted by Crippen LogP contribution is 2.40. The number of carbonyl (C=O) groups excluding carboxylic acids is 1. The van der Waals surface area contributed by atoms with Gasteiger partial charge in [-0.05, 0) is 39.7 Å². The van der Waals surface area contributed by atoms with Crippen molar-refractivity contribution in [2.24, 2.45) is 12.5 Å². The van der Waals surface area contributed by atoms with Crippen LogP contribution in [0.2, 0.25) is 0 Å². The minimum Gasteiger partial charge on any atom is -0.340 e. The van der Waals surface area contributed by atoms with Crippen LogP contribution in [0.3, 0.4) is 0 Å². The van der Waals surface area contributed by atoms with Crippen LogP contribution < -0.4 is 0 Å². The van der Waals surface area contributed by atoms with Crippen LogP contribution >= 0.6 is 0 Å². The van der Waals surface area contributed by atoms with Crippen LogP contribution in [0.25, 0.3) is 11.3 Å². The first-order chi connectivity index (χ1) is 13.5. The summed E-state index contributed by atoms with van der Waals surface area (Å²) in [5.41, 5.74) is 3.81. The Balaban J connectivity index is 1.52. The van der Waals surface area contributed by atoms with E-state index in [-0.39, 0.29) is 5.41 Å². The van der Waals surface area contributed by atoms with Gasteiger partial charge in [0.1, 0.15) is 0 Å². The van der Waals surface area contributed by atoms with E-state index in [9.17, 15) is 4.79 Å². The third-order valence-corrected chi connectivity index (χ3v) is 6.40. The molecule has 1 spiro atoms. The molecule has 2 saturated heterocycles. The molecule has 0 saturated carbocycles. The zero-order chi connectivity index (χ0) is 19.7. The lowest BCUT2D eigenvalue weighted by Crippen LogP contribution is -2.55.